The van der Waals surface area contributed by atoms with Crippen LogP contribution in [0.2, 0.25) is 0 Å². The van der Waals surface area contributed by atoms with Crippen molar-refractivity contribution >= 4 is 22.7 Å². The molecule has 0 saturated heterocycles. The van der Waals surface area contributed by atoms with E-state index in [0.29, 0.717) is 50.9 Å². The first-order valence-corrected chi connectivity index (χ1v) is 10.7. The number of nitrogens with zero attached hydrogens (tertiary/aromatic N) is 2. The maximum atomic E-state index is 11.0. The molecule has 0 unspecified atom stereocenters. The second kappa shape index (κ2) is 14.7. The van der Waals surface area contributed by atoms with Gasteiger partial charge in [-0.3, -0.25) is 20.2 Å². The largest absolute Gasteiger partial charge is 0.381 e. The second-order valence-electron chi connectivity index (χ2n) is 7.04. The maximum Gasteiger partial charge on any atom is 0.292 e. The number of anilines is 2. The van der Waals surface area contributed by atoms with Gasteiger partial charge in [0.15, 0.2) is 0 Å². The number of para-hydroxylation sites is 4. The van der Waals surface area contributed by atoms with Gasteiger partial charge in [-0.1, -0.05) is 24.3 Å². The summed E-state index contributed by atoms with van der Waals surface area (Å²) in [5.74, 6) is 0. The van der Waals surface area contributed by atoms with Gasteiger partial charge in [0.1, 0.15) is 11.4 Å². The van der Waals surface area contributed by atoms with Gasteiger partial charge in [0.2, 0.25) is 0 Å². The summed E-state index contributed by atoms with van der Waals surface area (Å²) in [6.45, 7) is 3.68. The number of hydrogen-bond acceptors (Lipinski definition) is 8. The lowest BCUT2D eigenvalue weighted by atomic mass is 10.2. The molecular formula is C22H30N4O6. The van der Waals surface area contributed by atoms with Gasteiger partial charge in [0.25, 0.3) is 11.4 Å². The third kappa shape index (κ3) is 9.27. The number of nitro benzene ring substituents is 2. The fourth-order valence-electron chi connectivity index (χ4n) is 2.97. The molecule has 0 heterocycles. The van der Waals surface area contributed by atoms with Crippen LogP contribution in [-0.4, -0.2) is 49.4 Å². The Bertz CT molecular complexity index is 779. The molecular weight excluding hydrogens is 416 g/mol. The van der Waals surface area contributed by atoms with Crippen LogP contribution in [0.4, 0.5) is 22.7 Å². The van der Waals surface area contributed by atoms with Crippen LogP contribution in [0.5, 0.6) is 0 Å². The smallest absolute Gasteiger partial charge is 0.292 e. The van der Waals surface area contributed by atoms with Crippen molar-refractivity contribution in [1.82, 2.24) is 0 Å². The molecule has 0 bridgehead atoms. The number of nitrogens with one attached hydrogen (secondary N) is 2. The highest BCUT2D eigenvalue weighted by molar-refractivity contribution is 5.61. The molecule has 0 aliphatic rings. The monoisotopic (exact) mass is 446 g/mol. The van der Waals surface area contributed by atoms with Crippen LogP contribution in [0.15, 0.2) is 48.5 Å². The minimum absolute atomic E-state index is 0.0746. The van der Waals surface area contributed by atoms with E-state index in [-0.39, 0.29) is 11.4 Å². The van der Waals surface area contributed by atoms with Crippen molar-refractivity contribution in [3.05, 3.63) is 68.8 Å². The van der Waals surface area contributed by atoms with Gasteiger partial charge in [-0.15, -0.1) is 0 Å². The topological polar surface area (TPSA) is 129 Å². The standard InChI is InChI=1S/C22H30N4O6/c27-25(28)21-11-3-1-9-19(21)23-13-7-17-31-15-5-6-16-32-18-8-14-24-20-10-2-4-12-22(20)26(29)30/h1-4,9-12,23-24H,5-8,13-18H2. The van der Waals surface area contributed by atoms with Gasteiger partial charge in [-0.2, -0.15) is 0 Å². The number of hydrogen-bond donors (Lipinski definition) is 2. The molecule has 0 aliphatic carbocycles. The van der Waals surface area contributed by atoms with E-state index in [9.17, 15) is 20.2 Å². The van der Waals surface area contributed by atoms with Crippen LogP contribution in [0.1, 0.15) is 25.7 Å². The first-order chi connectivity index (χ1) is 15.6. The Morgan fingerprint density at radius 3 is 1.41 bits per heavy atom. The summed E-state index contributed by atoms with van der Waals surface area (Å²) in [5.41, 5.74) is 1.19. The minimum Gasteiger partial charge on any atom is -0.381 e. The van der Waals surface area contributed by atoms with E-state index in [1.54, 1.807) is 36.4 Å². The summed E-state index contributed by atoms with van der Waals surface area (Å²) in [4.78, 5) is 21.1. The number of rotatable bonds is 17. The zero-order valence-corrected chi connectivity index (χ0v) is 18.0. The fourth-order valence-corrected chi connectivity index (χ4v) is 2.97. The third-order valence-corrected chi connectivity index (χ3v) is 4.59. The predicted octanol–water partition coefficient (Wildman–Crippen LogP) is 4.62. The quantitative estimate of drug-likeness (QED) is 0.205. The van der Waals surface area contributed by atoms with Crippen molar-refractivity contribution in [2.24, 2.45) is 0 Å². The van der Waals surface area contributed by atoms with E-state index in [0.717, 1.165) is 25.7 Å². The van der Waals surface area contributed by atoms with Crippen LogP contribution >= 0.6 is 0 Å². The summed E-state index contributed by atoms with van der Waals surface area (Å²) in [7, 11) is 0. The van der Waals surface area contributed by atoms with Gasteiger partial charge in [-0.05, 0) is 37.8 Å². The molecule has 10 heteroatoms. The molecule has 10 nitrogen and oxygen atoms in total. The van der Waals surface area contributed by atoms with Crippen molar-refractivity contribution in [1.29, 1.82) is 0 Å². The molecule has 0 fully saturated rings. The van der Waals surface area contributed by atoms with Crippen molar-refractivity contribution in [3.63, 3.8) is 0 Å². The number of benzene rings is 2. The number of nitro groups is 2. The SMILES string of the molecule is O=[N+]([O-])c1ccccc1NCCCOCCCCOCCCNc1ccccc1[N+](=O)[O-]. The second-order valence-corrected chi connectivity index (χ2v) is 7.04. The van der Waals surface area contributed by atoms with Crippen LogP contribution < -0.4 is 10.6 Å². The molecule has 0 radical (unpaired) electrons. The van der Waals surface area contributed by atoms with Crippen LogP contribution in [0.25, 0.3) is 0 Å². The summed E-state index contributed by atoms with van der Waals surface area (Å²) in [6, 6.07) is 13.2. The fraction of sp³-hybridized carbons (Fsp3) is 0.455. The molecule has 2 rings (SSSR count). The van der Waals surface area contributed by atoms with Crippen molar-refractivity contribution < 1.29 is 19.3 Å². The third-order valence-electron chi connectivity index (χ3n) is 4.59. The Morgan fingerprint density at radius 2 is 1.00 bits per heavy atom. The number of unbranched alkanes of at least 4 members (excludes halogenated alkanes) is 1. The molecule has 0 atom stereocenters. The Balaban J connectivity index is 1.40. The van der Waals surface area contributed by atoms with Crippen molar-refractivity contribution in [2.75, 3.05) is 50.2 Å². The van der Waals surface area contributed by atoms with E-state index >= 15 is 0 Å². The van der Waals surface area contributed by atoms with E-state index in [4.69, 9.17) is 9.47 Å². The summed E-state index contributed by atoms with van der Waals surface area (Å²) >= 11 is 0. The van der Waals surface area contributed by atoms with Gasteiger partial charge >= 0.3 is 0 Å². The molecule has 2 aromatic rings. The lowest BCUT2D eigenvalue weighted by Crippen LogP contribution is -2.09. The Hall–Kier alpha value is -3.24. The average Bonchev–Trinajstić information content (AvgIpc) is 2.79. The average molecular weight is 447 g/mol. The molecule has 0 aromatic heterocycles. The van der Waals surface area contributed by atoms with Gasteiger partial charge < -0.3 is 20.1 Å². The first kappa shape index (κ1) is 25.0. The Morgan fingerprint density at radius 1 is 0.625 bits per heavy atom. The highest BCUT2D eigenvalue weighted by atomic mass is 16.6. The van der Waals surface area contributed by atoms with Crippen molar-refractivity contribution in [3.8, 4) is 0 Å². The molecule has 2 aromatic carbocycles. The van der Waals surface area contributed by atoms with Gasteiger partial charge in [0, 0.05) is 51.6 Å². The van der Waals surface area contributed by atoms with E-state index < -0.39 is 9.85 Å². The molecule has 0 aliphatic heterocycles. The minimum atomic E-state index is -0.396. The lowest BCUT2D eigenvalue weighted by molar-refractivity contribution is -0.384. The van der Waals surface area contributed by atoms with E-state index in [1.165, 1.54) is 12.1 Å². The molecule has 0 saturated carbocycles. The predicted molar refractivity (Wildman–Crippen MR) is 123 cm³/mol. The zero-order chi connectivity index (χ0) is 23.0. The van der Waals surface area contributed by atoms with Gasteiger partial charge in [0.05, 0.1) is 9.85 Å². The Labute approximate surface area is 187 Å². The summed E-state index contributed by atoms with van der Waals surface area (Å²) in [5, 5.41) is 28.0. The van der Waals surface area contributed by atoms with Gasteiger partial charge in [-0.25, -0.2) is 0 Å². The van der Waals surface area contributed by atoms with Crippen LogP contribution in [0.3, 0.4) is 0 Å². The molecule has 0 spiro atoms. The highest BCUT2D eigenvalue weighted by Crippen LogP contribution is 2.23. The normalized spacial score (nSPS) is 10.6. The Kier molecular flexibility index (Phi) is 11.5. The van der Waals surface area contributed by atoms with Crippen LogP contribution in [-0.2, 0) is 9.47 Å². The molecule has 32 heavy (non-hydrogen) atoms. The highest BCUT2D eigenvalue weighted by Gasteiger charge is 2.12. The van der Waals surface area contributed by atoms with Crippen LogP contribution in [0, 0.1) is 20.2 Å². The summed E-state index contributed by atoms with van der Waals surface area (Å²) < 4.78 is 11.2. The number of ether oxygens (including phenoxy) is 2. The maximum absolute atomic E-state index is 11.0. The molecule has 0 amide bonds. The first-order valence-electron chi connectivity index (χ1n) is 10.7. The molecule has 174 valence electrons. The van der Waals surface area contributed by atoms with E-state index in [2.05, 4.69) is 10.6 Å². The van der Waals surface area contributed by atoms with E-state index in [1.807, 2.05) is 0 Å². The lowest BCUT2D eigenvalue weighted by Gasteiger charge is -2.08. The van der Waals surface area contributed by atoms with Crippen molar-refractivity contribution in [2.45, 2.75) is 25.7 Å². The zero-order valence-electron chi connectivity index (χ0n) is 18.0. The molecule has 2 N–H and O–H groups in total. The summed E-state index contributed by atoms with van der Waals surface area (Å²) in [6.07, 6.45) is 3.31.